The molecule has 1 saturated heterocycles. The van der Waals surface area contributed by atoms with E-state index in [1.165, 1.54) is 16.9 Å². The van der Waals surface area contributed by atoms with Crippen LogP contribution in [0.1, 0.15) is 15.9 Å². The van der Waals surface area contributed by atoms with Gasteiger partial charge in [-0.15, -0.1) is 0 Å². The number of thiazole rings is 1. The molecule has 3 heterocycles. The van der Waals surface area contributed by atoms with E-state index in [-0.39, 0.29) is 5.91 Å². The van der Waals surface area contributed by atoms with E-state index < -0.39 is 0 Å². The number of ether oxygens (including phenoxy) is 1. The Morgan fingerprint density at radius 3 is 2.41 bits per heavy atom. The molecule has 27 heavy (non-hydrogen) atoms. The fourth-order valence-corrected chi connectivity index (χ4v) is 3.57. The van der Waals surface area contributed by atoms with Crippen LogP contribution in [0.3, 0.4) is 0 Å². The predicted molar refractivity (Wildman–Crippen MR) is 104 cm³/mol. The van der Waals surface area contributed by atoms with Crippen molar-refractivity contribution in [3.8, 4) is 10.9 Å². The Morgan fingerprint density at radius 2 is 1.74 bits per heavy atom. The van der Waals surface area contributed by atoms with Crippen molar-refractivity contribution in [3.05, 3.63) is 71.5 Å². The van der Waals surface area contributed by atoms with E-state index in [0.29, 0.717) is 16.5 Å². The predicted octanol–water partition coefficient (Wildman–Crippen LogP) is 3.29. The van der Waals surface area contributed by atoms with Gasteiger partial charge in [0.2, 0.25) is 0 Å². The molecule has 0 aliphatic carbocycles. The second-order valence-electron chi connectivity index (χ2n) is 6.35. The number of rotatable bonds is 5. The van der Waals surface area contributed by atoms with Crippen molar-refractivity contribution in [3.63, 3.8) is 0 Å². The summed E-state index contributed by atoms with van der Waals surface area (Å²) in [5.74, 6) is 0.753. The number of benzene rings is 1. The lowest BCUT2D eigenvalue weighted by molar-refractivity contribution is 0.0628. The fraction of sp³-hybridized carbons (Fsp3) is 0.250. The molecule has 0 radical (unpaired) electrons. The average molecular weight is 380 g/mol. The molecule has 1 aromatic carbocycles. The topological polar surface area (TPSA) is 58.6 Å². The molecule has 1 fully saturated rings. The molecule has 0 bridgehead atoms. The number of carbonyl (C=O) groups is 1. The first kappa shape index (κ1) is 17.6. The number of piperazine rings is 1. The maximum atomic E-state index is 12.7. The van der Waals surface area contributed by atoms with Crippen LogP contribution in [0.5, 0.6) is 10.9 Å². The van der Waals surface area contributed by atoms with Crippen molar-refractivity contribution in [2.75, 3.05) is 26.2 Å². The highest BCUT2D eigenvalue weighted by molar-refractivity contribution is 7.11. The largest absolute Gasteiger partial charge is 0.431 e. The summed E-state index contributed by atoms with van der Waals surface area (Å²) in [6, 6.07) is 11.3. The first-order chi connectivity index (χ1) is 13.3. The van der Waals surface area contributed by atoms with E-state index in [9.17, 15) is 4.79 Å². The minimum absolute atomic E-state index is 0.0689. The van der Waals surface area contributed by atoms with E-state index in [2.05, 4.69) is 14.9 Å². The normalized spacial score (nSPS) is 14.9. The van der Waals surface area contributed by atoms with Crippen molar-refractivity contribution in [2.24, 2.45) is 0 Å². The molecule has 7 heteroatoms. The highest BCUT2D eigenvalue weighted by Crippen LogP contribution is 2.23. The third-order valence-corrected chi connectivity index (χ3v) is 5.18. The Kier molecular flexibility index (Phi) is 5.41. The van der Waals surface area contributed by atoms with Crippen LogP contribution in [0.15, 0.2) is 60.4 Å². The van der Waals surface area contributed by atoms with Gasteiger partial charge in [0.25, 0.3) is 11.1 Å². The summed E-state index contributed by atoms with van der Waals surface area (Å²) in [7, 11) is 0. The van der Waals surface area contributed by atoms with Crippen molar-refractivity contribution < 1.29 is 9.53 Å². The summed E-state index contributed by atoms with van der Waals surface area (Å²) >= 11 is 1.44. The van der Waals surface area contributed by atoms with Gasteiger partial charge in [-0.2, -0.15) is 0 Å². The second kappa shape index (κ2) is 8.28. The van der Waals surface area contributed by atoms with Crippen LogP contribution in [0.25, 0.3) is 0 Å². The zero-order chi connectivity index (χ0) is 18.5. The van der Waals surface area contributed by atoms with Gasteiger partial charge in [0.15, 0.2) is 0 Å². The lowest BCUT2D eigenvalue weighted by Crippen LogP contribution is -2.48. The van der Waals surface area contributed by atoms with Crippen LogP contribution >= 0.6 is 11.3 Å². The fourth-order valence-electron chi connectivity index (χ4n) is 3.07. The maximum absolute atomic E-state index is 12.7. The molecule has 4 rings (SSSR count). The number of pyridine rings is 1. The molecule has 2 aromatic heterocycles. The summed E-state index contributed by atoms with van der Waals surface area (Å²) in [5.41, 5.74) is 1.93. The standard InChI is InChI=1S/C20H20N4O2S/c25-19(17-1-3-18(4-2-17)26-20-22-9-14-27-20)24-12-10-23(11-13-24)15-16-5-7-21-8-6-16/h1-9,14H,10-13,15H2. The SMILES string of the molecule is O=C(c1ccc(Oc2nccs2)cc1)N1CCN(Cc2ccncc2)CC1. The molecular weight excluding hydrogens is 360 g/mol. The third kappa shape index (κ3) is 4.50. The summed E-state index contributed by atoms with van der Waals surface area (Å²) in [6.07, 6.45) is 5.33. The molecule has 0 spiro atoms. The summed E-state index contributed by atoms with van der Waals surface area (Å²) in [6.45, 7) is 4.12. The van der Waals surface area contributed by atoms with Crippen molar-refractivity contribution in [2.45, 2.75) is 6.54 Å². The number of hydrogen-bond donors (Lipinski definition) is 0. The molecule has 0 saturated carbocycles. The average Bonchev–Trinajstić information content (AvgIpc) is 3.22. The van der Waals surface area contributed by atoms with Crippen LogP contribution in [0.4, 0.5) is 0 Å². The molecule has 6 nitrogen and oxygen atoms in total. The zero-order valence-electron chi connectivity index (χ0n) is 14.8. The van der Waals surface area contributed by atoms with Gasteiger partial charge in [-0.1, -0.05) is 11.3 Å². The highest BCUT2D eigenvalue weighted by atomic mass is 32.1. The first-order valence-corrected chi connectivity index (χ1v) is 9.74. The van der Waals surface area contributed by atoms with E-state index in [0.717, 1.165) is 32.7 Å². The molecule has 1 amide bonds. The molecule has 1 aliphatic heterocycles. The van der Waals surface area contributed by atoms with E-state index >= 15 is 0 Å². The minimum atomic E-state index is 0.0689. The van der Waals surface area contributed by atoms with Crippen LogP contribution < -0.4 is 4.74 Å². The number of hydrogen-bond acceptors (Lipinski definition) is 6. The monoisotopic (exact) mass is 380 g/mol. The molecule has 0 N–H and O–H groups in total. The number of amides is 1. The lowest BCUT2D eigenvalue weighted by atomic mass is 10.1. The second-order valence-corrected chi connectivity index (χ2v) is 7.21. The highest BCUT2D eigenvalue weighted by Gasteiger charge is 2.22. The van der Waals surface area contributed by atoms with Crippen molar-refractivity contribution in [1.82, 2.24) is 19.8 Å². The quantitative estimate of drug-likeness (QED) is 0.680. The van der Waals surface area contributed by atoms with Gasteiger partial charge in [-0.3, -0.25) is 14.7 Å². The van der Waals surface area contributed by atoms with Gasteiger partial charge in [0.05, 0.1) is 0 Å². The van der Waals surface area contributed by atoms with Crippen LogP contribution in [-0.4, -0.2) is 51.9 Å². The Labute approximate surface area is 162 Å². The van der Waals surface area contributed by atoms with Gasteiger partial charge < -0.3 is 9.64 Å². The van der Waals surface area contributed by atoms with Crippen molar-refractivity contribution >= 4 is 17.2 Å². The van der Waals surface area contributed by atoms with E-state index in [1.807, 2.05) is 59.1 Å². The van der Waals surface area contributed by atoms with Gasteiger partial charge in [0.1, 0.15) is 5.75 Å². The lowest BCUT2D eigenvalue weighted by Gasteiger charge is -2.34. The number of nitrogens with zero attached hydrogens (tertiary/aromatic N) is 4. The third-order valence-electron chi connectivity index (χ3n) is 4.53. The number of carbonyl (C=O) groups excluding carboxylic acids is 1. The molecule has 3 aromatic rings. The Morgan fingerprint density at radius 1 is 1.00 bits per heavy atom. The molecular formula is C20H20N4O2S. The Hall–Kier alpha value is -2.77. The molecule has 0 unspecified atom stereocenters. The van der Waals surface area contributed by atoms with Gasteiger partial charge in [-0.05, 0) is 42.0 Å². The van der Waals surface area contributed by atoms with E-state index in [4.69, 9.17) is 4.74 Å². The Balaban J connectivity index is 1.31. The van der Waals surface area contributed by atoms with Crippen LogP contribution in [0, 0.1) is 0 Å². The smallest absolute Gasteiger partial charge is 0.278 e. The van der Waals surface area contributed by atoms with Gasteiger partial charge in [0, 0.05) is 62.3 Å². The first-order valence-electron chi connectivity index (χ1n) is 8.86. The summed E-state index contributed by atoms with van der Waals surface area (Å²) < 4.78 is 5.64. The molecule has 138 valence electrons. The Bertz CT molecular complexity index is 861. The minimum Gasteiger partial charge on any atom is -0.431 e. The summed E-state index contributed by atoms with van der Waals surface area (Å²) in [5, 5.41) is 2.46. The van der Waals surface area contributed by atoms with Crippen LogP contribution in [-0.2, 0) is 6.54 Å². The van der Waals surface area contributed by atoms with Gasteiger partial charge >= 0.3 is 0 Å². The maximum Gasteiger partial charge on any atom is 0.278 e. The molecule has 1 aliphatic rings. The molecule has 0 atom stereocenters. The van der Waals surface area contributed by atoms with Crippen LogP contribution in [0.2, 0.25) is 0 Å². The van der Waals surface area contributed by atoms with Gasteiger partial charge in [-0.25, -0.2) is 4.98 Å². The zero-order valence-corrected chi connectivity index (χ0v) is 15.6. The van der Waals surface area contributed by atoms with Crippen molar-refractivity contribution in [1.29, 1.82) is 0 Å². The summed E-state index contributed by atoms with van der Waals surface area (Å²) in [4.78, 5) is 25.2. The van der Waals surface area contributed by atoms with E-state index in [1.54, 1.807) is 6.20 Å². The number of aromatic nitrogens is 2.